The van der Waals surface area contributed by atoms with E-state index >= 15 is 0 Å². The summed E-state index contributed by atoms with van der Waals surface area (Å²) in [7, 11) is 0. The summed E-state index contributed by atoms with van der Waals surface area (Å²) >= 11 is 0. The van der Waals surface area contributed by atoms with Crippen LogP contribution in [0.2, 0.25) is 0 Å². The average Bonchev–Trinajstić information content (AvgIpc) is 4.00. The van der Waals surface area contributed by atoms with E-state index in [0.29, 0.717) is 17.8 Å². The van der Waals surface area contributed by atoms with Crippen molar-refractivity contribution in [3.05, 3.63) is 202 Å². The molecule has 4 unspecified atom stereocenters. The van der Waals surface area contributed by atoms with E-state index in [2.05, 4.69) is 180 Å². The van der Waals surface area contributed by atoms with Gasteiger partial charge >= 0.3 is 0 Å². The van der Waals surface area contributed by atoms with Crippen molar-refractivity contribution in [1.29, 1.82) is 0 Å². The standard InChI is InChI=1S/C41H36N4.C11H12/c42-30-18-20-32(21-19-30)45-39-25-31(43-38-17-6-12-28-10-3-4-14-33(28)38)13-7-15-34(39)35-22-23-41(26-36(41)40(35)45)44-37-16-5-9-27-8-1-2-11-29(37)24-27;1-9-5-4-7-10-6-2-3-8-11(9)10/h1-4,6,8,10-23,25,36,43-44H,5,7,9,24,26,42H2;2-9,11H,1H3. The first-order valence-corrected chi connectivity index (χ1v) is 20.3. The molecule has 4 nitrogen and oxygen atoms in total. The fraction of sp³-hybridized carbons (Fsp3) is 0.192. The number of hydrogen-bond donors (Lipinski definition) is 3. The molecule has 1 fully saturated rings. The molecular formula is C52H48N4. The molecular weight excluding hydrogens is 681 g/mol. The molecule has 56 heavy (non-hydrogen) atoms. The summed E-state index contributed by atoms with van der Waals surface area (Å²) in [4.78, 5) is 0. The average molecular weight is 729 g/mol. The van der Waals surface area contributed by atoms with Gasteiger partial charge in [0.1, 0.15) is 0 Å². The van der Waals surface area contributed by atoms with Gasteiger partial charge in [-0.05, 0) is 91.0 Å². The number of aromatic nitrogens is 1. The molecule has 4 heteroatoms. The molecule has 0 amide bonds. The predicted octanol–water partition coefficient (Wildman–Crippen LogP) is 10.4. The SMILES string of the molecule is CC1C=CC=C2C=CC=CC21.Nc1ccc(-n2c3c(c4c2=CC(Nc2cccc5ccccc25)=CCC=4)C=CC2(NC4=CCCC5=CC=CC=C4C5)CC32)cc1. The third kappa shape index (κ3) is 6.29. The lowest BCUT2D eigenvalue weighted by Crippen LogP contribution is -2.33. The van der Waals surface area contributed by atoms with Crippen molar-refractivity contribution in [3.63, 3.8) is 0 Å². The first-order valence-electron chi connectivity index (χ1n) is 20.3. The molecule has 0 spiro atoms. The van der Waals surface area contributed by atoms with E-state index in [1.807, 2.05) is 12.1 Å². The van der Waals surface area contributed by atoms with Gasteiger partial charge in [0.15, 0.2) is 0 Å². The number of benzene rings is 3. The summed E-state index contributed by atoms with van der Waals surface area (Å²) < 4.78 is 2.50. The summed E-state index contributed by atoms with van der Waals surface area (Å²) in [6.07, 6.45) is 43.8. The third-order valence-electron chi connectivity index (χ3n) is 12.4. The number of nitrogens with zero attached hydrogens (tertiary/aromatic N) is 1. The Morgan fingerprint density at radius 2 is 1.70 bits per heavy atom. The van der Waals surface area contributed by atoms with Crippen molar-refractivity contribution < 1.29 is 0 Å². The summed E-state index contributed by atoms with van der Waals surface area (Å²) in [5, 5.41) is 12.9. The third-order valence-corrected chi connectivity index (χ3v) is 12.4. The normalized spacial score (nSPS) is 24.6. The van der Waals surface area contributed by atoms with Gasteiger partial charge in [0.05, 0.1) is 10.9 Å². The second-order valence-electron chi connectivity index (χ2n) is 16.1. The minimum atomic E-state index is -0.0770. The zero-order valence-corrected chi connectivity index (χ0v) is 32.0. The minimum absolute atomic E-state index is 0.0770. The predicted molar refractivity (Wildman–Crippen MR) is 236 cm³/mol. The van der Waals surface area contributed by atoms with E-state index in [9.17, 15) is 0 Å². The smallest absolute Gasteiger partial charge is 0.0650 e. The van der Waals surface area contributed by atoms with Crippen molar-refractivity contribution in [2.75, 3.05) is 11.1 Å². The molecule has 3 aromatic carbocycles. The molecule has 7 aliphatic carbocycles. The van der Waals surface area contributed by atoms with Gasteiger partial charge in [-0.25, -0.2) is 0 Å². The van der Waals surface area contributed by atoms with Crippen LogP contribution in [0.5, 0.6) is 0 Å². The highest BCUT2D eigenvalue weighted by Gasteiger charge is 2.57. The zero-order valence-electron chi connectivity index (χ0n) is 32.0. The van der Waals surface area contributed by atoms with Crippen LogP contribution in [-0.2, 0) is 0 Å². The molecule has 4 aromatic rings. The Labute approximate surface area is 329 Å². The summed E-state index contributed by atoms with van der Waals surface area (Å²) in [5.41, 5.74) is 18.6. The summed E-state index contributed by atoms with van der Waals surface area (Å²) in [6, 6.07) is 23.4. The van der Waals surface area contributed by atoms with Gasteiger partial charge in [0.25, 0.3) is 0 Å². The number of hydrogen-bond acceptors (Lipinski definition) is 3. The van der Waals surface area contributed by atoms with Crippen LogP contribution >= 0.6 is 0 Å². The number of allylic oxidation sites excluding steroid dienone is 17. The molecule has 2 bridgehead atoms. The van der Waals surface area contributed by atoms with Gasteiger partial charge in [-0.15, -0.1) is 0 Å². The summed E-state index contributed by atoms with van der Waals surface area (Å²) in [6.45, 7) is 2.26. The molecule has 0 saturated heterocycles. The Kier molecular flexibility index (Phi) is 8.63. The van der Waals surface area contributed by atoms with Crippen molar-refractivity contribution in [2.24, 2.45) is 11.8 Å². The molecule has 11 rings (SSSR count). The van der Waals surface area contributed by atoms with Crippen LogP contribution in [0, 0.1) is 11.8 Å². The van der Waals surface area contributed by atoms with Crippen LogP contribution in [0.3, 0.4) is 0 Å². The Morgan fingerprint density at radius 1 is 0.821 bits per heavy atom. The number of rotatable bonds is 5. The maximum absolute atomic E-state index is 6.18. The molecule has 4 N–H and O–H groups in total. The monoisotopic (exact) mass is 728 g/mol. The molecule has 276 valence electrons. The molecule has 1 aromatic heterocycles. The van der Waals surface area contributed by atoms with Crippen LogP contribution in [0.1, 0.15) is 56.2 Å². The molecule has 1 heterocycles. The Balaban J connectivity index is 0.000000300. The second kappa shape index (κ2) is 14.1. The van der Waals surface area contributed by atoms with Gasteiger partial charge in [-0.3, -0.25) is 0 Å². The zero-order chi connectivity index (χ0) is 37.6. The molecule has 1 saturated carbocycles. The Bertz CT molecular complexity index is 2690. The van der Waals surface area contributed by atoms with Crippen LogP contribution in [-0.4, -0.2) is 10.1 Å². The summed E-state index contributed by atoms with van der Waals surface area (Å²) in [5.74, 6) is 1.67. The van der Waals surface area contributed by atoms with Crippen LogP contribution in [0.15, 0.2) is 180 Å². The van der Waals surface area contributed by atoms with E-state index in [-0.39, 0.29) is 5.54 Å². The van der Waals surface area contributed by atoms with Crippen molar-refractivity contribution in [1.82, 2.24) is 9.88 Å². The number of nitrogens with one attached hydrogen (secondary N) is 2. The van der Waals surface area contributed by atoms with Gasteiger partial charge < -0.3 is 20.9 Å². The molecule has 7 aliphatic rings. The highest BCUT2D eigenvalue weighted by Crippen LogP contribution is 2.57. The van der Waals surface area contributed by atoms with Crippen molar-refractivity contribution >= 4 is 40.4 Å². The lowest BCUT2D eigenvalue weighted by Gasteiger charge is -2.25. The van der Waals surface area contributed by atoms with Gasteiger partial charge in [-0.2, -0.15) is 0 Å². The van der Waals surface area contributed by atoms with E-state index in [0.717, 1.165) is 54.9 Å². The van der Waals surface area contributed by atoms with Crippen LogP contribution in [0.4, 0.5) is 11.4 Å². The topological polar surface area (TPSA) is 55.0 Å². The maximum Gasteiger partial charge on any atom is 0.0650 e. The Morgan fingerprint density at radius 3 is 2.61 bits per heavy atom. The second-order valence-corrected chi connectivity index (χ2v) is 16.1. The molecule has 0 radical (unpaired) electrons. The number of nitrogen functional groups attached to an aromatic ring is 1. The highest BCUT2D eigenvalue weighted by atomic mass is 15.1. The van der Waals surface area contributed by atoms with Crippen LogP contribution in [0.25, 0.3) is 34.7 Å². The largest absolute Gasteiger partial charge is 0.399 e. The first-order chi connectivity index (χ1) is 27.5. The number of nitrogens with two attached hydrogens (primary N) is 1. The fourth-order valence-electron chi connectivity index (χ4n) is 9.40. The van der Waals surface area contributed by atoms with E-state index < -0.39 is 0 Å². The minimum Gasteiger partial charge on any atom is -0.399 e. The lowest BCUT2D eigenvalue weighted by molar-refractivity contribution is 0.583. The number of anilines is 2. The van der Waals surface area contributed by atoms with E-state index in [1.165, 1.54) is 55.0 Å². The lowest BCUT2D eigenvalue weighted by atomic mass is 9.81. The van der Waals surface area contributed by atoms with Gasteiger partial charge in [0.2, 0.25) is 0 Å². The fourth-order valence-corrected chi connectivity index (χ4v) is 9.40. The van der Waals surface area contributed by atoms with Crippen LogP contribution < -0.4 is 26.9 Å². The van der Waals surface area contributed by atoms with E-state index in [1.54, 1.807) is 0 Å². The van der Waals surface area contributed by atoms with E-state index in [4.69, 9.17) is 5.73 Å². The van der Waals surface area contributed by atoms with Gasteiger partial charge in [-0.1, -0.05) is 146 Å². The molecule has 0 aliphatic heterocycles. The Hall–Kier alpha value is -6.26. The quantitative estimate of drug-likeness (QED) is 0.179. The van der Waals surface area contributed by atoms with Gasteiger partial charge in [0, 0.05) is 62.2 Å². The molecule has 4 atom stereocenters. The maximum atomic E-state index is 6.18. The number of fused-ring (bicyclic) bond motifs is 9. The van der Waals surface area contributed by atoms with Crippen molar-refractivity contribution in [2.45, 2.75) is 50.5 Å². The highest BCUT2D eigenvalue weighted by molar-refractivity contribution is 5.95. The van der Waals surface area contributed by atoms with Crippen molar-refractivity contribution in [3.8, 4) is 5.69 Å². The first kappa shape index (κ1) is 34.2.